The number of ether oxygens (including phenoxy) is 1. The van der Waals surface area contributed by atoms with Gasteiger partial charge in [0.15, 0.2) is 0 Å². The van der Waals surface area contributed by atoms with Crippen LogP contribution in [-0.2, 0) is 14.3 Å². The predicted molar refractivity (Wildman–Crippen MR) is 135 cm³/mol. The van der Waals surface area contributed by atoms with Gasteiger partial charge >= 0.3 is 5.97 Å². The predicted octanol–water partition coefficient (Wildman–Crippen LogP) is 6.03. The van der Waals surface area contributed by atoms with Crippen molar-refractivity contribution in [1.82, 2.24) is 4.90 Å². The summed E-state index contributed by atoms with van der Waals surface area (Å²) in [6, 6.07) is 17.3. The summed E-state index contributed by atoms with van der Waals surface area (Å²) in [5, 5.41) is 1.22. The van der Waals surface area contributed by atoms with E-state index in [2.05, 4.69) is 4.90 Å². The summed E-state index contributed by atoms with van der Waals surface area (Å²) >= 11 is 12.2. The summed E-state index contributed by atoms with van der Waals surface area (Å²) in [7, 11) is 0. The topological polar surface area (TPSA) is 49.9 Å². The van der Waals surface area contributed by atoms with Gasteiger partial charge in [0.2, 0.25) is 5.91 Å². The van der Waals surface area contributed by atoms with Crippen LogP contribution >= 0.6 is 23.2 Å². The molecule has 1 fully saturated rings. The molecule has 5 nitrogen and oxygen atoms in total. The van der Waals surface area contributed by atoms with Crippen LogP contribution in [0.5, 0.6) is 0 Å². The molecule has 0 N–H and O–H groups in total. The van der Waals surface area contributed by atoms with Crippen LogP contribution in [-0.4, -0.2) is 42.5 Å². The highest BCUT2D eigenvalue weighted by Crippen LogP contribution is 2.36. The van der Waals surface area contributed by atoms with Crippen molar-refractivity contribution in [3.63, 3.8) is 0 Å². The van der Waals surface area contributed by atoms with Crippen LogP contribution in [0.1, 0.15) is 30.5 Å². The van der Waals surface area contributed by atoms with Crippen LogP contribution < -0.4 is 4.90 Å². The first-order chi connectivity index (χ1) is 17.2. The van der Waals surface area contributed by atoms with Gasteiger partial charge in [-0.15, -0.1) is 0 Å². The molecule has 1 heterocycles. The van der Waals surface area contributed by atoms with E-state index in [1.807, 2.05) is 48.5 Å². The third-order valence-corrected chi connectivity index (χ3v) is 6.49. The second kappa shape index (κ2) is 11.4. The number of carbonyl (C=O) groups is 2. The van der Waals surface area contributed by atoms with Gasteiger partial charge < -0.3 is 9.64 Å². The zero-order valence-electron chi connectivity index (χ0n) is 19.5. The SMILES string of the molecule is CCOC(=O)CC(=O)N(c1cc(F)cc(F)c1)C1CN(C(c2ccc(Cl)cc2)c2ccc(Cl)cc2)C1. The molecule has 9 heteroatoms. The number of benzene rings is 3. The van der Waals surface area contributed by atoms with Gasteiger partial charge in [0.25, 0.3) is 0 Å². The Morgan fingerprint density at radius 2 is 1.44 bits per heavy atom. The summed E-state index contributed by atoms with van der Waals surface area (Å²) in [6.07, 6.45) is -0.528. The van der Waals surface area contributed by atoms with Crippen molar-refractivity contribution in [2.45, 2.75) is 25.4 Å². The molecule has 0 atom stereocenters. The van der Waals surface area contributed by atoms with Gasteiger partial charge in [0.05, 0.1) is 18.7 Å². The normalized spacial score (nSPS) is 13.9. The van der Waals surface area contributed by atoms with E-state index < -0.39 is 36.0 Å². The molecule has 1 amide bonds. The molecule has 1 aliphatic rings. The molecule has 0 spiro atoms. The smallest absolute Gasteiger partial charge is 0.315 e. The number of nitrogens with zero attached hydrogens (tertiary/aromatic N) is 2. The molecule has 0 radical (unpaired) electrons. The molecular formula is C27H24Cl2F2N2O3. The summed E-state index contributed by atoms with van der Waals surface area (Å²) in [4.78, 5) is 28.5. The molecule has 1 saturated heterocycles. The van der Waals surface area contributed by atoms with Crippen molar-refractivity contribution in [1.29, 1.82) is 0 Å². The lowest BCUT2D eigenvalue weighted by molar-refractivity contribution is -0.145. The molecule has 0 unspecified atom stereocenters. The summed E-state index contributed by atoms with van der Waals surface area (Å²) in [5.41, 5.74) is 2.03. The van der Waals surface area contributed by atoms with E-state index in [0.29, 0.717) is 23.1 Å². The van der Waals surface area contributed by atoms with Gasteiger partial charge in [-0.25, -0.2) is 8.78 Å². The minimum atomic E-state index is -0.810. The van der Waals surface area contributed by atoms with Gasteiger partial charge in [0.1, 0.15) is 18.1 Å². The Hall–Kier alpha value is -3.00. The fourth-order valence-corrected chi connectivity index (χ4v) is 4.68. The number of hydrogen-bond donors (Lipinski definition) is 0. The van der Waals surface area contributed by atoms with Crippen LogP contribution in [0, 0.1) is 11.6 Å². The zero-order chi connectivity index (χ0) is 25.8. The van der Waals surface area contributed by atoms with Crippen molar-refractivity contribution in [2.75, 3.05) is 24.6 Å². The van der Waals surface area contributed by atoms with E-state index in [1.165, 1.54) is 4.90 Å². The van der Waals surface area contributed by atoms with E-state index in [-0.39, 0.29) is 18.3 Å². The molecule has 0 bridgehead atoms. The van der Waals surface area contributed by atoms with Crippen molar-refractivity contribution >= 4 is 40.8 Å². The number of rotatable bonds is 8. The fourth-order valence-electron chi connectivity index (χ4n) is 4.42. The van der Waals surface area contributed by atoms with Crippen LogP contribution in [0.15, 0.2) is 66.7 Å². The Balaban J connectivity index is 1.62. The van der Waals surface area contributed by atoms with E-state index in [9.17, 15) is 18.4 Å². The third-order valence-electron chi connectivity index (χ3n) is 5.99. The molecule has 3 aromatic rings. The minimum Gasteiger partial charge on any atom is -0.466 e. The number of anilines is 1. The van der Waals surface area contributed by atoms with Crippen LogP contribution in [0.2, 0.25) is 10.0 Å². The maximum atomic E-state index is 14.0. The number of carbonyl (C=O) groups excluding carboxylic acids is 2. The lowest BCUT2D eigenvalue weighted by Gasteiger charge is -2.49. The maximum absolute atomic E-state index is 14.0. The van der Waals surface area contributed by atoms with Crippen molar-refractivity contribution < 1.29 is 23.1 Å². The monoisotopic (exact) mass is 532 g/mol. The number of hydrogen-bond acceptors (Lipinski definition) is 4. The molecule has 3 aromatic carbocycles. The van der Waals surface area contributed by atoms with Gasteiger partial charge in [-0.05, 0) is 54.4 Å². The Morgan fingerprint density at radius 3 is 1.92 bits per heavy atom. The lowest BCUT2D eigenvalue weighted by Crippen LogP contribution is -2.62. The van der Waals surface area contributed by atoms with Gasteiger partial charge in [-0.3, -0.25) is 14.5 Å². The molecular weight excluding hydrogens is 509 g/mol. The number of amides is 1. The Bertz CT molecular complexity index is 1170. The molecule has 4 rings (SSSR count). The van der Waals surface area contributed by atoms with Gasteiger partial charge in [0, 0.05) is 34.9 Å². The largest absolute Gasteiger partial charge is 0.466 e. The summed E-state index contributed by atoms with van der Waals surface area (Å²) in [6.45, 7) is 2.58. The van der Waals surface area contributed by atoms with Gasteiger partial charge in [-0.2, -0.15) is 0 Å². The van der Waals surface area contributed by atoms with E-state index in [1.54, 1.807) is 6.92 Å². The molecule has 0 aliphatic carbocycles. The first kappa shape index (κ1) is 26.1. The molecule has 1 aliphatic heterocycles. The molecule has 36 heavy (non-hydrogen) atoms. The second-order valence-corrected chi connectivity index (χ2v) is 9.36. The average molecular weight is 533 g/mol. The van der Waals surface area contributed by atoms with Crippen LogP contribution in [0.4, 0.5) is 14.5 Å². The zero-order valence-corrected chi connectivity index (χ0v) is 21.0. The number of halogens is 4. The standard InChI is InChI=1S/C27H24Cl2F2N2O3/c1-2-36-26(35)14-25(34)33(23-12-21(30)11-22(31)13-23)24-15-32(16-24)27(17-3-7-19(28)8-4-17)18-5-9-20(29)10-6-18/h3-13,24,27H,2,14-16H2,1H3. The first-order valence-corrected chi connectivity index (χ1v) is 12.2. The highest BCUT2D eigenvalue weighted by Gasteiger charge is 2.40. The van der Waals surface area contributed by atoms with Crippen molar-refractivity contribution in [3.05, 3.63) is 99.5 Å². The molecule has 0 saturated carbocycles. The quantitative estimate of drug-likeness (QED) is 0.262. The highest BCUT2D eigenvalue weighted by atomic mass is 35.5. The summed E-state index contributed by atoms with van der Waals surface area (Å²) in [5.74, 6) is -2.90. The van der Waals surface area contributed by atoms with Gasteiger partial charge in [-0.1, -0.05) is 47.5 Å². The highest BCUT2D eigenvalue weighted by molar-refractivity contribution is 6.30. The van der Waals surface area contributed by atoms with Crippen molar-refractivity contribution in [2.24, 2.45) is 0 Å². The Kier molecular flexibility index (Phi) is 8.24. The second-order valence-electron chi connectivity index (χ2n) is 8.49. The Morgan fingerprint density at radius 1 is 0.944 bits per heavy atom. The number of likely N-dealkylation sites (tertiary alicyclic amines) is 1. The van der Waals surface area contributed by atoms with Crippen molar-refractivity contribution in [3.8, 4) is 0 Å². The number of esters is 1. The first-order valence-electron chi connectivity index (χ1n) is 11.4. The molecule has 0 aromatic heterocycles. The van der Waals surface area contributed by atoms with E-state index in [4.69, 9.17) is 27.9 Å². The molecule has 188 valence electrons. The van der Waals surface area contributed by atoms with Crippen LogP contribution in [0.25, 0.3) is 0 Å². The lowest BCUT2D eigenvalue weighted by atomic mass is 9.92. The Labute approximate surface area is 218 Å². The van der Waals surface area contributed by atoms with E-state index >= 15 is 0 Å². The fraction of sp³-hybridized carbons (Fsp3) is 0.259. The van der Waals surface area contributed by atoms with Crippen LogP contribution in [0.3, 0.4) is 0 Å². The van der Waals surface area contributed by atoms with E-state index in [0.717, 1.165) is 29.3 Å². The average Bonchev–Trinajstić information content (AvgIpc) is 2.79. The summed E-state index contributed by atoms with van der Waals surface area (Å²) < 4.78 is 33.0. The maximum Gasteiger partial charge on any atom is 0.315 e. The minimum absolute atomic E-state index is 0.0565. The third kappa shape index (κ3) is 6.03.